The van der Waals surface area contributed by atoms with Gasteiger partial charge in [0, 0.05) is 16.5 Å². The van der Waals surface area contributed by atoms with E-state index in [2.05, 4.69) is 0 Å². The number of benzene rings is 2. The molecular formula is C16H11F3O2. The Morgan fingerprint density at radius 3 is 2.48 bits per heavy atom. The van der Waals surface area contributed by atoms with Crippen molar-refractivity contribution in [2.45, 2.75) is 13.0 Å². The Balaban J connectivity index is 2.19. The van der Waals surface area contributed by atoms with E-state index in [1.165, 1.54) is 0 Å². The first kappa shape index (κ1) is 13.7. The molecule has 0 spiro atoms. The molecule has 0 amide bonds. The highest BCUT2D eigenvalue weighted by molar-refractivity contribution is 5.83. The molecule has 3 rings (SSSR count). The smallest absolute Gasteiger partial charge is 0.194 e. The molecule has 108 valence electrons. The number of rotatable bonds is 2. The van der Waals surface area contributed by atoms with E-state index in [4.69, 9.17) is 4.42 Å². The van der Waals surface area contributed by atoms with Gasteiger partial charge in [0.15, 0.2) is 17.5 Å². The van der Waals surface area contributed by atoms with Crippen molar-refractivity contribution in [3.63, 3.8) is 0 Å². The van der Waals surface area contributed by atoms with E-state index in [0.29, 0.717) is 22.3 Å². The Hall–Kier alpha value is -2.27. The zero-order valence-electron chi connectivity index (χ0n) is 11.0. The predicted molar refractivity (Wildman–Crippen MR) is 71.3 cm³/mol. The fourth-order valence-corrected chi connectivity index (χ4v) is 2.44. The lowest BCUT2D eigenvalue weighted by molar-refractivity contribution is 0.211. The molecule has 3 aromatic rings. The Labute approximate surface area is 118 Å². The van der Waals surface area contributed by atoms with Crippen molar-refractivity contribution in [3.05, 3.63) is 70.7 Å². The monoisotopic (exact) mass is 292 g/mol. The third kappa shape index (κ3) is 2.10. The summed E-state index contributed by atoms with van der Waals surface area (Å²) in [6.45, 7) is 1.62. The van der Waals surface area contributed by atoms with Gasteiger partial charge in [-0.3, -0.25) is 0 Å². The molecule has 1 aromatic heterocycles. The van der Waals surface area contributed by atoms with Gasteiger partial charge >= 0.3 is 0 Å². The summed E-state index contributed by atoms with van der Waals surface area (Å²) >= 11 is 0. The standard InChI is InChI=1S/C16H11F3O2/c1-8-13(9-4-2-3-5-12(9)21-8)16(20)10-6-7-11(17)15(19)14(10)18/h2-7,16,20H,1H3. The molecule has 2 aromatic carbocycles. The number of hydrogen-bond donors (Lipinski definition) is 1. The summed E-state index contributed by atoms with van der Waals surface area (Å²) in [4.78, 5) is 0. The molecule has 0 saturated heterocycles. The van der Waals surface area contributed by atoms with E-state index in [1.54, 1.807) is 31.2 Å². The SMILES string of the molecule is Cc1oc2ccccc2c1C(O)c1ccc(F)c(F)c1F. The lowest BCUT2D eigenvalue weighted by atomic mass is 9.98. The second-order valence-corrected chi connectivity index (χ2v) is 4.74. The number of aliphatic hydroxyl groups is 1. The van der Waals surface area contributed by atoms with E-state index >= 15 is 0 Å². The molecule has 0 aliphatic carbocycles. The topological polar surface area (TPSA) is 33.4 Å². The van der Waals surface area contributed by atoms with Gasteiger partial charge in [0.25, 0.3) is 0 Å². The van der Waals surface area contributed by atoms with Gasteiger partial charge in [0.2, 0.25) is 0 Å². The minimum atomic E-state index is -1.60. The number of para-hydroxylation sites is 1. The average molecular weight is 292 g/mol. The van der Waals surface area contributed by atoms with Crippen molar-refractivity contribution in [1.82, 2.24) is 0 Å². The zero-order chi connectivity index (χ0) is 15.1. The highest BCUT2D eigenvalue weighted by Gasteiger charge is 2.25. The Morgan fingerprint density at radius 2 is 1.71 bits per heavy atom. The molecule has 2 nitrogen and oxygen atoms in total. The number of hydrogen-bond acceptors (Lipinski definition) is 2. The average Bonchev–Trinajstić information content (AvgIpc) is 2.80. The number of fused-ring (bicyclic) bond motifs is 1. The minimum Gasteiger partial charge on any atom is -0.461 e. The van der Waals surface area contributed by atoms with Gasteiger partial charge in [0.1, 0.15) is 17.4 Å². The third-order valence-corrected chi connectivity index (χ3v) is 3.45. The molecule has 0 bridgehead atoms. The molecular weight excluding hydrogens is 281 g/mol. The van der Waals surface area contributed by atoms with Crippen molar-refractivity contribution >= 4 is 11.0 Å². The van der Waals surface area contributed by atoms with Gasteiger partial charge in [0.05, 0.1) is 0 Å². The minimum absolute atomic E-state index is 0.330. The molecule has 1 unspecified atom stereocenters. The molecule has 0 fully saturated rings. The first-order valence-electron chi connectivity index (χ1n) is 6.30. The Kier molecular flexibility index (Phi) is 3.22. The van der Waals surface area contributed by atoms with Crippen LogP contribution in [0.25, 0.3) is 11.0 Å². The molecule has 0 radical (unpaired) electrons. The molecule has 21 heavy (non-hydrogen) atoms. The van der Waals surface area contributed by atoms with Crippen LogP contribution in [0.15, 0.2) is 40.8 Å². The van der Waals surface area contributed by atoms with E-state index in [-0.39, 0.29) is 5.56 Å². The van der Waals surface area contributed by atoms with Crippen molar-refractivity contribution in [2.24, 2.45) is 0 Å². The first-order valence-corrected chi connectivity index (χ1v) is 6.30. The fraction of sp³-hybridized carbons (Fsp3) is 0.125. The molecule has 5 heteroatoms. The molecule has 0 aliphatic rings. The second-order valence-electron chi connectivity index (χ2n) is 4.74. The van der Waals surface area contributed by atoms with Crippen molar-refractivity contribution < 1.29 is 22.7 Å². The predicted octanol–water partition coefficient (Wildman–Crippen LogP) is 4.24. The maximum absolute atomic E-state index is 13.8. The van der Waals surface area contributed by atoms with E-state index in [0.717, 1.165) is 12.1 Å². The van der Waals surface area contributed by atoms with Crippen LogP contribution in [0.1, 0.15) is 23.0 Å². The Morgan fingerprint density at radius 1 is 1.00 bits per heavy atom. The Bertz CT molecular complexity index is 824. The van der Waals surface area contributed by atoms with Gasteiger partial charge in [-0.1, -0.05) is 24.3 Å². The molecule has 0 aliphatic heterocycles. The summed E-state index contributed by atoms with van der Waals surface area (Å²) in [7, 11) is 0. The fourth-order valence-electron chi connectivity index (χ4n) is 2.44. The number of aryl methyl sites for hydroxylation is 1. The molecule has 1 heterocycles. The van der Waals surface area contributed by atoms with Gasteiger partial charge in [-0.25, -0.2) is 13.2 Å². The van der Waals surface area contributed by atoms with Crippen molar-refractivity contribution in [2.75, 3.05) is 0 Å². The quantitative estimate of drug-likeness (QED) is 0.717. The van der Waals surface area contributed by atoms with E-state index in [9.17, 15) is 18.3 Å². The summed E-state index contributed by atoms with van der Waals surface area (Å²) in [5.41, 5.74) is 0.547. The third-order valence-electron chi connectivity index (χ3n) is 3.45. The normalized spacial score (nSPS) is 12.8. The van der Waals surface area contributed by atoms with Crippen LogP contribution in [0.2, 0.25) is 0 Å². The van der Waals surface area contributed by atoms with Crippen LogP contribution in [-0.2, 0) is 0 Å². The van der Waals surface area contributed by atoms with E-state index < -0.39 is 23.6 Å². The van der Waals surface area contributed by atoms with Crippen molar-refractivity contribution in [1.29, 1.82) is 0 Å². The number of aliphatic hydroxyl groups excluding tert-OH is 1. The van der Waals surface area contributed by atoms with Crippen LogP contribution < -0.4 is 0 Å². The first-order chi connectivity index (χ1) is 10.0. The second kappa shape index (κ2) is 4.93. The maximum atomic E-state index is 13.8. The van der Waals surface area contributed by atoms with Crippen LogP contribution in [0.3, 0.4) is 0 Å². The highest BCUT2D eigenvalue weighted by atomic mass is 19.2. The summed E-state index contributed by atoms with van der Waals surface area (Å²) in [6, 6.07) is 8.74. The van der Waals surface area contributed by atoms with Gasteiger partial charge < -0.3 is 9.52 Å². The highest BCUT2D eigenvalue weighted by Crippen LogP contribution is 2.35. The summed E-state index contributed by atoms with van der Waals surface area (Å²) in [5, 5.41) is 11.0. The number of halogens is 3. The molecule has 1 atom stereocenters. The molecule has 1 N–H and O–H groups in total. The van der Waals surface area contributed by atoms with Crippen LogP contribution in [0.4, 0.5) is 13.2 Å². The van der Waals surface area contributed by atoms with Crippen molar-refractivity contribution in [3.8, 4) is 0 Å². The van der Waals surface area contributed by atoms with Gasteiger partial charge in [-0.05, 0) is 19.1 Å². The summed E-state index contributed by atoms with van der Waals surface area (Å²) in [5.74, 6) is -3.89. The van der Waals surface area contributed by atoms with Crippen LogP contribution in [-0.4, -0.2) is 5.11 Å². The van der Waals surface area contributed by atoms with Gasteiger partial charge in [-0.15, -0.1) is 0 Å². The van der Waals surface area contributed by atoms with Gasteiger partial charge in [-0.2, -0.15) is 0 Å². The lowest BCUT2D eigenvalue weighted by Gasteiger charge is -2.12. The largest absolute Gasteiger partial charge is 0.461 e. The maximum Gasteiger partial charge on any atom is 0.194 e. The van der Waals surface area contributed by atoms with E-state index in [1.807, 2.05) is 0 Å². The summed E-state index contributed by atoms with van der Waals surface area (Å²) in [6.07, 6.45) is -1.44. The molecule has 0 saturated carbocycles. The van der Waals surface area contributed by atoms with Crippen LogP contribution in [0, 0.1) is 24.4 Å². The number of furan rings is 1. The van der Waals surface area contributed by atoms with Crippen LogP contribution in [0.5, 0.6) is 0 Å². The summed E-state index contributed by atoms with van der Waals surface area (Å²) < 4.78 is 45.6. The lowest BCUT2D eigenvalue weighted by Crippen LogP contribution is -2.06. The van der Waals surface area contributed by atoms with Crippen LogP contribution >= 0.6 is 0 Å². The zero-order valence-corrected chi connectivity index (χ0v) is 11.0.